The van der Waals surface area contributed by atoms with E-state index in [2.05, 4.69) is 16.9 Å². The number of nitrogens with zero attached hydrogens (tertiary/aromatic N) is 3. The van der Waals surface area contributed by atoms with Gasteiger partial charge in [0.1, 0.15) is 5.02 Å². The van der Waals surface area contributed by atoms with Crippen LogP contribution in [0.15, 0.2) is 6.20 Å². The molecule has 15 heavy (non-hydrogen) atoms. The third kappa shape index (κ3) is 2.63. The molecular weight excluding hydrogens is 212 g/mol. The fourth-order valence-corrected chi connectivity index (χ4v) is 2.15. The second kappa shape index (κ2) is 4.41. The molecule has 0 saturated carbocycles. The summed E-state index contributed by atoms with van der Waals surface area (Å²) in [7, 11) is 0. The molecule has 0 amide bonds. The van der Waals surface area contributed by atoms with Crippen molar-refractivity contribution in [2.75, 3.05) is 25.4 Å². The monoisotopic (exact) mass is 228 g/mol. The van der Waals surface area contributed by atoms with E-state index in [-0.39, 0.29) is 0 Å². The number of hydrogen-bond donors (Lipinski definition) is 1. The predicted molar refractivity (Wildman–Crippen MR) is 61.9 cm³/mol. The average Bonchev–Trinajstić information content (AvgIpc) is 2.72. The Morgan fingerprint density at radius 1 is 1.60 bits per heavy atom. The van der Waals surface area contributed by atoms with Crippen LogP contribution in [0.2, 0.25) is 5.02 Å². The maximum absolute atomic E-state index is 5.83. The molecule has 1 aliphatic heterocycles. The fraction of sp³-hybridized carbons (Fsp3) is 0.700. The molecule has 2 heterocycles. The molecule has 1 aromatic heterocycles. The van der Waals surface area contributed by atoms with E-state index in [4.69, 9.17) is 17.3 Å². The maximum atomic E-state index is 5.83. The van der Waals surface area contributed by atoms with E-state index in [1.807, 2.05) is 4.68 Å². The van der Waals surface area contributed by atoms with E-state index in [9.17, 15) is 0 Å². The summed E-state index contributed by atoms with van der Waals surface area (Å²) in [6.07, 6.45) is 3.10. The Kier molecular flexibility index (Phi) is 3.17. The molecule has 1 unspecified atom stereocenters. The smallest absolute Gasteiger partial charge is 0.164 e. The minimum Gasteiger partial charge on any atom is -0.381 e. The molecule has 1 fully saturated rings. The van der Waals surface area contributed by atoms with Crippen molar-refractivity contribution in [1.82, 2.24) is 14.7 Å². The van der Waals surface area contributed by atoms with Crippen molar-refractivity contribution in [3.05, 3.63) is 11.2 Å². The van der Waals surface area contributed by atoms with Crippen molar-refractivity contribution in [2.45, 2.75) is 19.9 Å². The van der Waals surface area contributed by atoms with E-state index >= 15 is 0 Å². The van der Waals surface area contributed by atoms with Crippen molar-refractivity contribution in [3.63, 3.8) is 0 Å². The fourth-order valence-electron chi connectivity index (χ4n) is 2.00. The molecule has 1 aliphatic rings. The van der Waals surface area contributed by atoms with Gasteiger partial charge in [-0.2, -0.15) is 5.10 Å². The minimum atomic E-state index is 0.423. The van der Waals surface area contributed by atoms with Crippen LogP contribution in [0.1, 0.15) is 13.3 Å². The van der Waals surface area contributed by atoms with E-state index in [0.717, 1.165) is 19.0 Å². The molecular formula is C10H17ClN4. The third-order valence-corrected chi connectivity index (χ3v) is 3.19. The number of hydrogen-bond acceptors (Lipinski definition) is 3. The first kappa shape index (κ1) is 10.8. The molecule has 1 atom stereocenters. The van der Waals surface area contributed by atoms with Crippen LogP contribution in [0.25, 0.3) is 0 Å². The van der Waals surface area contributed by atoms with Crippen LogP contribution >= 0.6 is 11.6 Å². The Labute approximate surface area is 95.0 Å². The van der Waals surface area contributed by atoms with Gasteiger partial charge in [0.2, 0.25) is 0 Å². The van der Waals surface area contributed by atoms with Crippen LogP contribution in [0, 0.1) is 5.92 Å². The lowest BCUT2D eigenvalue weighted by atomic mass is 10.2. The standard InChI is InChI=1S/C10H17ClN4/c1-8-2-3-14(6-8)4-5-15-7-9(11)10(12)13-15/h7-8H,2-6H2,1H3,(H2,12,13). The van der Waals surface area contributed by atoms with E-state index < -0.39 is 0 Å². The van der Waals surface area contributed by atoms with Crippen LogP contribution in [0.4, 0.5) is 5.82 Å². The molecule has 2 N–H and O–H groups in total. The summed E-state index contributed by atoms with van der Waals surface area (Å²) in [4.78, 5) is 2.45. The van der Waals surface area contributed by atoms with Crippen LogP contribution < -0.4 is 5.73 Å². The summed E-state index contributed by atoms with van der Waals surface area (Å²) >= 11 is 5.83. The van der Waals surface area contributed by atoms with Crippen LogP contribution in [0.5, 0.6) is 0 Å². The zero-order chi connectivity index (χ0) is 10.8. The number of nitrogens with two attached hydrogens (primary N) is 1. The zero-order valence-electron chi connectivity index (χ0n) is 8.99. The van der Waals surface area contributed by atoms with Crippen LogP contribution in [0.3, 0.4) is 0 Å². The Hall–Kier alpha value is -0.740. The molecule has 2 rings (SSSR count). The summed E-state index contributed by atoms with van der Waals surface area (Å²) in [5.41, 5.74) is 5.57. The quantitative estimate of drug-likeness (QED) is 0.852. The molecule has 1 saturated heterocycles. The highest BCUT2D eigenvalue weighted by molar-refractivity contribution is 6.32. The number of nitrogen functional groups attached to an aromatic ring is 1. The first-order chi connectivity index (χ1) is 7.15. The number of halogens is 1. The average molecular weight is 229 g/mol. The Bertz CT molecular complexity index is 317. The first-order valence-electron chi connectivity index (χ1n) is 5.36. The zero-order valence-corrected chi connectivity index (χ0v) is 9.74. The lowest BCUT2D eigenvalue weighted by molar-refractivity contribution is 0.307. The van der Waals surface area contributed by atoms with Gasteiger partial charge in [-0.1, -0.05) is 18.5 Å². The highest BCUT2D eigenvalue weighted by Gasteiger charge is 2.18. The Morgan fingerprint density at radius 3 is 2.93 bits per heavy atom. The Balaban J connectivity index is 1.83. The molecule has 0 radical (unpaired) electrons. The van der Waals surface area contributed by atoms with E-state index in [0.29, 0.717) is 10.8 Å². The molecule has 4 nitrogen and oxygen atoms in total. The highest BCUT2D eigenvalue weighted by Crippen LogP contribution is 2.17. The van der Waals surface area contributed by atoms with Gasteiger partial charge in [-0.25, -0.2) is 0 Å². The second-order valence-corrected chi connectivity index (χ2v) is 4.73. The molecule has 0 aromatic carbocycles. The molecule has 5 heteroatoms. The van der Waals surface area contributed by atoms with Gasteiger partial charge < -0.3 is 10.6 Å². The number of likely N-dealkylation sites (tertiary alicyclic amines) is 1. The summed E-state index contributed by atoms with van der Waals surface area (Å²) < 4.78 is 1.82. The third-order valence-electron chi connectivity index (χ3n) is 2.90. The predicted octanol–water partition coefficient (Wildman–Crippen LogP) is 1.46. The van der Waals surface area contributed by atoms with Gasteiger partial charge in [-0.05, 0) is 18.9 Å². The summed E-state index contributed by atoms with van der Waals surface area (Å²) in [5, 5.41) is 4.67. The van der Waals surface area contributed by atoms with Gasteiger partial charge in [0.25, 0.3) is 0 Å². The highest BCUT2D eigenvalue weighted by atomic mass is 35.5. The van der Waals surface area contributed by atoms with Crippen molar-refractivity contribution in [1.29, 1.82) is 0 Å². The van der Waals surface area contributed by atoms with Crippen molar-refractivity contribution >= 4 is 17.4 Å². The van der Waals surface area contributed by atoms with E-state index in [1.165, 1.54) is 19.5 Å². The normalized spacial score (nSPS) is 22.4. The second-order valence-electron chi connectivity index (χ2n) is 4.32. The van der Waals surface area contributed by atoms with Crippen molar-refractivity contribution in [2.24, 2.45) is 5.92 Å². The SMILES string of the molecule is CC1CCN(CCn2cc(Cl)c(N)n2)C1. The van der Waals surface area contributed by atoms with Gasteiger partial charge >= 0.3 is 0 Å². The number of rotatable bonds is 3. The van der Waals surface area contributed by atoms with Gasteiger partial charge in [0.05, 0.1) is 6.54 Å². The van der Waals surface area contributed by atoms with Gasteiger partial charge in [-0.15, -0.1) is 0 Å². The first-order valence-corrected chi connectivity index (χ1v) is 5.73. The lowest BCUT2D eigenvalue weighted by Crippen LogP contribution is -2.25. The van der Waals surface area contributed by atoms with Gasteiger partial charge in [0.15, 0.2) is 5.82 Å². The summed E-state index contributed by atoms with van der Waals surface area (Å²) in [5.74, 6) is 1.25. The van der Waals surface area contributed by atoms with Crippen molar-refractivity contribution < 1.29 is 0 Å². The van der Waals surface area contributed by atoms with Crippen LogP contribution in [-0.4, -0.2) is 34.3 Å². The van der Waals surface area contributed by atoms with Crippen molar-refractivity contribution in [3.8, 4) is 0 Å². The van der Waals surface area contributed by atoms with E-state index in [1.54, 1.807) is 6.20 Å². The number of anilines is 1. The lowest BCUT2D eigenvalue weighted by Gasteiger charge is -2.14. The molecule has 84 valence electrons. The molecule has 0 bridgehead atoms. The Morgan fingerprint density at radius 2 is 2.40 bits per heavy atom. The largest absolute Gasteiger partial charge is 0.381 e. The summed E-state index contributed by atoms with van der Waals surface area (Å²) in [6, 6.07) is 0. The molecule has 0 aliphatic carbocycles. The van der Waals surface area contributed by atoms with Gasteiger partial charge in [-0.3, -0.25) is 4.68 Å². The maximum Gasteiger partial charge on any atom is 0.164 e. The summed E-state index contributed by atoms with van der Waals surface area (Å²) in [6.45, 7) is 6.59. The molecule has 0 spiro atoms. The van der Waals surface area contributed by atoms with Gasteiger partial charge in [0, 0.05) is 19.3 Å². The van der Waals surface area contributed by atoms with Crippen LogP contribution in [-0.2, 0) is 6.54 Å². The minimum absolute atomic E-state index is 0.423. The molecule has 1 aromatic rings. The topological polar surface area (TPSA) is 47.1 Å². The number of aromatic nitrogens is 2.